The zero-order valence-electron chi connectivity index (χ0n) is 13.8. The smallest absolute Gasteiger partial charge is 0.328 e. The van der Waals surface area contributed by atoms with Gasteiger partial charge in [0.25, 0.3) is 5.91 Å². The number of amides is 1. The van der Waals surface area contributed by atoms with E-state index in [4.69, 9.17) is 9.84 Å². The van der Waals surface area contributed by atoms with Crippen LogP contribution >= 0.6 is 0 Å². The molecule has 1 N–H and O–H groups in total. The number of carbonyl (C=O) groups is 4. The van der Waals surface area contributed by atoms with Gasteiger partial charge >= 0.3 is 17.9 Å². The van der Waals surface area contributed by atoms with Gasteiger partial charge in [0.05, 0.1) is 23.6 Å². The van der Waals surface area contributed by atoms with Crippen LogP contribution < -0.4 is 4.90 Å². The Morgan fingerprint density at radius 2 is 1.92 bits per heavy atom. The van der Waals surface area contributed by atoms with Gasteiger partial charge in [-0.2, -0.15) is 0 Å². The van der Waals surface area contributed by atoms with Gasteiger partial charge in [-0.05, 0) is 25.0 Å². The van der Waals surface area contributed by atoms with E-state index in [9.17, 15) is 19.2 Å². The molecule has 1 aromatic rings. The maximum absolute atomic E-state index is 12.8. The van der Waals surface area contributed by atoms with Crippen molar-refractivity contribution >= 4 is 35.1 Å². The Balaban J connectivity index is 1.89. The number of carboxylic acid groups (broad SMARTS) is 1. The van der Waals surface area contributed by atoms with Gasteiger partial charge in [-0.1, -0.05) is 23.8 Å². The summed E-state index contributed by atoms with van der Waals surface area (Å²) in [5.41, 5.74) is 3.18. The highest BCUT2D eigenvalue weighted by molar-refractivity contribution is 6.13. The summed E-state index contributed by atoms with van der Waals surface area (Å²) in [6.07, 6.45) is 2.13. The average molecular weight is 353 g/mol. The number of hydrogen-bond donors (Lipinski definition) is 1. The van der Waals surface area contributed by atoms with Gasteiger partial charge in [0.2, 0.25) is 0 Å². The molecule has 1 amide bonds. The zero-order chi connectivity index (χ0) is 18.6. The zero-order valence-corrected chi connectivity index (χ0v) is 13.8. The van der Waals surface area contributed by atoms with Crippen molar-refractivity contribution < 1.29 is 29.0 Å². The van der Waals surface area contributed by atoms with Crippen molar-refractivity contribution in [3.8, 4) is 0 Å². The van der Waals surface area contributed by atoms with Crippen LogP contribution in [0.15, 0.2) is 42.0 Å². The number of ether oxygens (including phenoxy) is 1. The molecule has 0 radical (unpaired) electrons. The lowest BCUT2D eigenvalue weighted by Crippen LogP contribution is -2.47. The number of hydrogen-bond acceptors (Lipinski definition) is 5. The molecule has 0 bridgehead atoms. The Morgan fingerprint density at radius 3 is 2.65 bits per heavy atom. The number of cyclic esters (lactones) is 2. The number of carboxylic acids is 1. The second kappa shape index (κ2) is 5.66. The minimum Gasteiger partial charge on any atom is -0.478 e. The van der Waals surface area contributed by atoms with E-state index < -0.39 is 41.7 Å². The van der Waals surface area contributed by atoms with Gasteiger partial charge in [-0.3, -0.25) is 19.3 Å². The average Bonchev–Trinajstić information content (AvgIpc) is 3.08. The molecular weight excluding hydrogens is 338 g/mol. The molecule has 3 atom stereocenters. The highest BCUT2D eigenvalue weighted by Gasteiger charge is 2.57. The molecular formula is C19H15NO6. The molecule has 26 heavy (non-hydrogen) atoms. The molecule has 3 aliphatic rings. The SMILES string of the molecule is CC1=C2c3ccccc3N(C(=O)/C=C/C(=O)O)C2C2C(=O)OC(=O)C2C1. The quantitative estimate of drug-likeness (QED) is 0.492. The van der Waals surface area contributed by atoms with Crippen LogP contribution in [0, 0.1) is 11.8 Å². The van der Waals surface area contributed by atoms with Crippen LogP contribution in [0.1, 0.15) is 18.9 Å². The summed E-state index contributed by atoms with van der Waals surface area (Å²) in [7, 11) is 0. The van der Waals surface area contributed by atoms with Gasteiger partial charge in [-0.15, -0.1) is 0 Å². The Bertz CT molecular complexity index is 928. The molecule has 132 valence electrons. The lowest BCUT2D eigenvalue weighted by Gasteiger charge is -2.34. The van der Waals surface area contributed by atoms with Crippen LogP contribution in [0.5, 0.6) is 0 Å². The number of benzene rings is 1. The van der Waals surface area contributed by atoms with E-state index in [0.29, 0.717) is 12.1 Å². The molecule has 1 saturated heterocycles. The number of para-hydroxylation sites is 1. The minimum absolute atomic E-state index is 0.405. The standard InChI is InChI=1S/C19H15NO6/c1-9-8-11-16(19(25)26-18(11)24)17-15(9)10-4-2-3-5-12(10)20(17)13(21)6-7-14(22)23/h2-7,11,16-17H,8H2,1H3,(H,22,23)/b7-6+. The van der Waals surface area contributed by atoms with E-state index >= 15 is 0 Å². The number of rotatable bonds is 2. The lowest BCUT2D eigenvalue weighted by molar-refractivity contribution is -0.153. The number of carbonyl (C=O) groups excluding carboxylic acids is 3. The molecule has 1 aromatic carbocycles. The second-order valence-corrected chi connectivity index (χ2v) is 6.61. The largest absolute Gasteiger partial charge is 0.478 e. The monoisotopic (exact) mass is 353 g/mol. The third-order valence-electron chi connectivity index (χ3n) is 5.17. The maximum Gasteiger partial charge on any atom is 0.328 e. The minimum atomic E-state index is -1.24. The number of nitrogens with zero attached hydrogens (tertiary/aromatic N) is 1. The highest BCUT2D eigenvalue weighted by atomic mass is 16.6. The van der Waals surface area contributed by atoms with Crippen molar-refractivity contribution in [2.75, 3.05) is 4.90 Å². The summed E-state index contributed by atoms with van der Waals surface area (Å²) in [5.74, 6) is -4.40. The lowest BCUT2D eigenvalue weighted by atomic mass is 9.73. The van der Waals surface area contributed by atoms with Crippen molar-refractivity contribution in [1.29, 1.82) is 0 Å². The molecule has 7 nitrogen and oxygen atoms in total. The number of esters is 2. The normalized spacial score (nSPS) is 26.7. The first-order chi connectivity index (χ1) is 12.4. The summed E-state index contributed by atoms with van der Waals surface area (Å²) >= 11 is 0. The van der Waals surface area contributed by atoms with Crippen molar-refractivity contribution in [3.63, 3.8) is 0 Å². The van der Waals surface area contributed by atoms with Gasteiger partial charge in [0.1, 0.15) is 0 Å². The molecule has 7 heteroatoms. The van der Waals surface area contributed by atoms with Crippen LogP contribution in [-0.2, 0) is 23.9 Å². The van der Waals surface area contributed by atoms with Gasteiger partial charge < -0.3 is 9.84 Å². The third kappa shape index (κ3) is 2.20. The van der Waals surface area contributed by atoms with Crippen LogP contribution in [0.2, 0.25) is 0 Å². The van der Waals surface area contributed by atoms with E-state index in [1.807, 2.05) is 19.1 Å². The Kier molecular flexibility index (Phi) is 3.54. The number of fused-ring (bicyclic) bond motifs is 5. The summed E-state index contributed by atoms with van der Waals surface area (Å²) in [5, 5.41) is 8.82. The second-order valence-electron chi connectivity index (χ2n) is 6.61. The molecule has 2 aliphatic heterocycles. The fraction of sp³-hybridized carbons (Fsp3) is 0.263. The third-order valence-corrected chi connectivity index (χ3v) is 5.17. The fourth-order valence-corrected chi connectivity index (χ4v) is 4.20. The van der Waals surface area contributed by atoms with Gasteiger partial charge in [0.15, 0.2) is 0 Å². The summed E-state index contributed by atoms with van der Waals surface area (Å²) in [6.45, 7) is 1.88. The topological polar surface area (TPSA) is 101 Å². The Labute approximate surface area is 148 Å². The first-order valence-corrected chi connectivity index (χ1v) is 8.19. The first-order valence-electron chi connectivity index (χ1n) is 8.19. The van der Waals surface area contributed by atoms with Crippen LogP contribution in [0.4, 0.5) is 5.69 Å². The number of aliphatic carboxylic acids is 1. The molecule has 2 heterocycles. The number of anilines is 1. The number of allylic oxidation sites excluding steroid dienone is 1. The van der Waals surface area contributed by atoms with E-state index in [-0.39, 0.29) is 0 Å². The summed E-state index contributed by atoms with van der Waals surface area (Å²) in [4.78, 5) is 49.4. The Hall–Kier alpha value is -3.22. The predicted octanol–water partition coefficient (Wildman–Crippen LogP) is 1.54. The van der Waals surface area contributed by atoms with E-state index in [1.54, 1.807) is 12.1 Å². The van der Waals surface area contributed by atoms with E-state index in [0.717, 1.165) is 28.9 Å². The summed E-state index contributed by atoms with van der Waals surface area (Å²) < 4.78 is 4.84. The van der Waals surface area contributed by atoms with Gasteiger partial charge in [-0.25, -0.2) is 4.79 Å². The first kappa shape index (κ1) is 16.3. The highest BCUT2D eigenvalue weighted by Crippen LogP contribution is 2.52. The van der Waals surface area contributed by atoms with Crippen LogP contribution in [0.3, 0.4) is 0 Å². The van der Waals surface area contributed by atoms with Crippen LogP contribution in [0.25, 0.3) is 5.57 Å². The van der Waals surface area contributed by atoms with Gasteiger partial charge in [0, 0.05) is 17.7 Å². The van der Waals surface area contributed by atoms with E-state index in [2.05, 4.69) is 0 Å². The molecule has 1 fully saturated rings. The molecule has 0 saturated carbocycles. The van der Waals surface area contributed by atoms with E-state index in [1.165, 1.54) is 4.90 Å². The van der Waals surface area contributed by atoms with Crippen LogP contribution in [-0.4, -0.2) is 35.0 Å². The predicted molar refractivity (Wildman–Crippen MR) is 89.8 cm³/mol. The van der Waals surface area contributed by atoms with Crippen molar-refractivity contribution in [1.82, 2.24) is 0 Å². The molecule has 4 rings (SSSR count). The molecule has 1 aliphatic carbocycles. The molecule has 0 spiro atoms. The van der Waals surface area contributed by atoms with Crippen molar-refractivity contribution in [2.45, 2.75) is 19.4 Å². The molecule has 3 unspecified atom stereocenters. The molecule has 0 aromatic heterocycles. The fourth-order valence-electron chi connectivity index (χ4n) is 4.20. The Morgan fingerprint density at radius 1 is 1.19 bits per heavy atom. The van der Waals surface area contributed by atoms with Crippen molar-refractivity contribution in [2.24, 2.45) is 11.8 Å². The maximum atomic E-state index is 12.8. The van der Waals surface area contributed by atoms with Crippen molar-refractivity contribution in [3.05, 3.63) is 47.6 Å². The summed E-state index contributed by atoms with van der Waals surface area (Å²) in [6, 6.07) is 6.54.